The number of nitrogens with two attached hydrogens (primary N) is 1. The first-order valence-electron chi connectivity index (χ1n) is 7.49. The Morgan fingerprint density at radius 3 is 2.81 bits per heavy atom. The molecule has 0 saturated heterocycles. The van der Waals surface area contributed by atoms with Crippen LogP contribution in [0.25, 0.3) is 0 Å². The normalized spacial score (nSPS) is 21.0. The van der Waals surface area contributed by atoms with Gasteiger partial charge in [-0.1, -0.05) is 25.5 Å². The van der Waals surface area contributed by atoms with Gasteiger partial charge >= 0.3 is 6.03 Å². The number of urea groups is 1. The second-order valence-corrected chi connectivity index (χ2v) is 5.73. The average molecular weight is 289 g/mol. The summed E-state index contributed by atoms with van der Waals surface area (Å²) in [6.07, 6.45) is 4.11. The number of carbonyl (C=O) groups excluding carboxylic acids is 2. The summed E-state index contributed by atoms with van der Waals surface area (Å²) in [5.74, 6) is 0.126. The van der Waals surface area contributed by atoms with Crippen LogP contribution in [-0.4, -0.2) is 24.5 Å². The van der Waals surface area contributed by atoms with Gasteiger partial charge in [-0.05, 0) is 42.9 Å². The van der Waals surface area contributed by atoms with Crippen LogP contribution in [0, 0.1) is 5.92 Å². The Morgan fingerprint density at radius 1 is 1.33 bits per heavy atom. The van der Waals surface area contributed by atoms with Crippen molar-refractivity contribution in [3.63, 3.8) is 0 Å². The Labute approximate surface area is 125 Å². The van der Waals surface area contributed by atoms with Crippen LogP contribution in [0.2, 0.25) is 0 Å². The summed E-state index contributed by atoms with van der Waals surface area (Å²) >= 11 is 0. The van der Waals surface area contributed by atoms with Crippen LogP contribution in [0.5, 0.6) is 0 Å². The fourth-order valence-corrected chi connectivity index (χ4v) is 2.78. The predicted octanol–water partition coefficient (Wildman–Crippen LogP) is 1.82. The fourth-order valence-electron chi connectivity index (χ4n) is 2.78. The molecule has 5 nitrogen and oxygen atoms in total. The van der Waals surface area contributed by atoms with Gasteiger partial charge in [-0.25, -0.2) is 4.79 Å². The molecule has 0 unspecified atom stereocenters. The van der Waals surface area contributed by atoms with E-state index in [-0.39, 0.29) is 6.03 Å². The minimum atomic E-state index is -0.433. The number of carbonyl (C=O) groups is 2. The van der Waals surface area contributed by atoms with Crippen LogP contribution in [-0.2, 0) is 6.42 Å². The van der Waals surface area contributed by atoms with Crippen LogP contribution in [0.4, 0.5) is 4.79 Å². The minimum absolute atomic E-state index is 0.111. The highest BCUT2D eigenvalue weighted by atomic mass is 16.2. The Balaban J connectivity index is 1.75. The highest BCUT2D eigenvalue weighted by Gasteiger charge is 2.24. The van der Waals surface area contributed by atoms with Crippen molar-refractivity contribution in [1.82, 2.24) is 10.6 Å². The molecular formula is C16H23N3O2. The lowest BCUT2D eigenvalue weighted by molar-refractivity contribution is 0.1000. The zero-order valence-electron chi connectivity index (χ0n) is 12.4. The van der Waals surface area contributed by atoms with Crippen LogP contribution in [0.15, 0.2) is 24.3 Å². The molecule has 21 heavy (non-hydrogen) atoms. The first kappa shape index (κ1) is 15.4. The fraction of sp³-hybridized carbons (Fsp3) is 0.500. The summed E-state index contributed by atoms with van der Waals surface area (Å²) in [4.78, 5) is 22.9. The predicted molar refractivity (Wildman–Crippen MR) is 82.0 cm³/mol. The van der Waals surface area contributed by atoms with E-state index >= 15 is 0 Å². The van der Waals surface area contributed by atoms with Gasteiger partial charge in [-0.15, -0.1) is 0 Å². The first-order chi connectivity index (χ1) is 10.1. The maximum absolute atomic E-state index is 11.8. The summed E-state index contributed by atoms with van der Waals surface area (Å²) in [5, 5.41) is 5.88. The van der Waals surface area contributed by atoms with Crippen LogP contribution in [0.3, 0.4) is 0 Å². The lowest BCUT2D eigenvalue weighted by Crippen LogP contribution is -2.43. The van der Waals surface area contributed by atoms with Gasteiger partial charge in [0.1, 0.15) is 0 Å². The van der Waals surface area contributed by atoms with E-state index in [1.54, 1.807) is 18.2 Å². The van der Waals surface area contributed by atoms with Gasteiger partial charge in [-0.2, -0.15) is 0 Å². The number of rotatable bonds is 5. The molecule has 2 rings (SSSR count). The standard InChI is InChI=1S/C16H23N3O2/c1-11-4-2-7-14(11)19-16(21)18-9-8-12-5-3-6-13(10-12)15(17)20/h3,5-6,10-11,14H,2,4,7-9H2,1H3,(H2,17,20)(H2,18,19,21)/t11-,14-/m1/s1. The van der Waals surface area contributed by atoms with E-state index in [9.17, 15) is 9.59 Å². The largest absolute Gasteiger partial charge is 0.366 e. The van der Waals surface area contributed by atoms with Gasteiger partial charge in [0, 0.05) is 18.2 Å². The van der Waals surface area contributed by atoms with E-state index in [2.05, 4.69) is 17.6 Å². The number of primary amides is 1. The average Bonchev–Trinajstić information content (AvgIpc) is 2.84. The van der Waals surface area contributed by atoms with E-state index in [1.165, 1.54) is 12.8 Å². The van der Waals surface area contributed by atoms with Crippen LogP contribution < -0.4 is 16.4 Å². The molecule has 1 aliphatic carbocycles. The molecule has 1 aromatic rings. The summed E-state index contributed by atoms with van der Waals surface area (Å²) in [6.45, 7) is 2.71. The maximum Gasteiger partial charge on any atom is 0.315 e. The van der Waals surface area contributed by atoms with E-state index in [0.29, 0.717) is 30.5 Å². The van der Waals surface area contributed by atoms with Crippen molar-refractivity contribution >= 4 is 11.9 Å². The molecule has 0 aliphatic heterocycles. The third kappa shape index (κ3) is 4.48. The molecule has 2 atom stereocenters. The van der Waals surface area contributed by atoms with Gasteiger partial charge in [0.2, 0.25) is 5.91 Å². The van der Waals surface area contributed by atoms with Gasteiger partial charge in [0.05, 0.1) is 0 Å². The van der Waals surface area contributed by atoms with Gasteiger partial charge < -0.3 is 16.4 Å². The van der Waals surface area contributed by atoms with Crippen molar-refractivity contribution in [3.05, 3.63) is 35.4 Å². The number of benzene rings is 1. The molecule has 0 aromatic heterocycles. The van der Waals surface area contributed by atoms with Crippen molar-refractivity contribution in [3.8, 4) is 0 Å². The molecule has 0 bridgehead atoms. The Hall–Kier alpha value is -2.04. The number of hydrogen-bond donors (Lipinski definition) is 3. The monoisotopic (exact) mass is 289 g/mol. The smallest absolute Gasteiger partial charge is 0.315 e. The highest BCUT2D eigenvalue weighted by molar-refractivity contribution is 5.92. The molecule has 114 valence electrons. The molecule has 1 aromatic carbocycles. The van der Waals surface area contributed by atoms with E-state index in [0.717, 1.165) is 12.0 Å². The number of amides is 3. The summed E-state index contributed by atoms with van der Waals surface area (Å²) in [5.41, 5.74) is 6.73. The van der Waals surface area contributed by atoms with Crippen LogP contribution in [0.1, 0.15) is 42.1 Å². The lowest BCUT2D eigenvalue weighted by atomic mass is 10.1. The maximum atomic E-state index is 11.8. The molecule has 0 heterocycles. The summed E-state index contributed by atoms with van der Waals surface area (Å²) in [6, 6.07) is 7.36. The molecule has 1 aliphatic rings. The Morgan fingerprint density at radius 2 is 2.14 bits per heavy atom. The molecule has 3 amide bonds. The van der Waals surface area contributed by atoms with E-state index in [4.69, 9.17) is 5.73 Å². The highest BCUT2D eigenvalue weighted by Crippen LogP contribution is 2.24. The zero-order valence-corrected chi connectivity index (χ0v) is 12.4. The van der Waals surface area contributed by atoms with E-state index < -0.39 is 5.91 Å². The van der Waals surface area contributed by atoms with Crippen molar-refractivity contribution < 1.29 is 9.59 Å². The summed E-state index contributed by atoms with van der Waals surface area (Å²) < 4.78 is 0. The molecule has 1 fully saturated rings. The quantitative estimate of drug-likeness (QED) is 0.772. The molecule has 4 N–H and O–H groups in total. The van der Waals surface area contributed by atoms with Crippen molar-refractivity contribution in [1.29, 1.82) is 0 Å². The second kappa shape index (κ2) is 7.11. The second-order valence-electron chi connectivity index (χ2n) is 5.73. The van der Waals surface area contributed by atoms with Crippen molar-refractivity contribution in [2.45, 2.75) is 38.6 Å². The summed E-state index contributed by atoms with van der Waals surface area (Å²) in [7, 11) is 0. The van der Waals surface area contributed by atoms with Crippen molar-refractivity contribution in [2.24, 2.45) is 11.7 Å². The number of hydrogen-bond acceptors (Lipinski definition) is 2. The Bertz CT molecular complexity index is 516. The van der Waals surface area contributed by atoms with E-state index in [1.807, 2.05) is 6.07 Å². The zero-order chi connectivity index (χ0) is 15.2. The van der Waals surface area contributed by atoms with Gasteiger partial charge in [-0.3, -0.25) is 4.79 Å². The topological polar surface area (TPSA) is 84.2 Å². The molecule has 5 heteroatoms. The third-order valence-corrected chi connectivity index (χ3v) is 4.09. The Kier molecular flexibility index (Phi) is 5.20. The molecule has 1 saturated carbocycles. The molecule has 0 spiro atoms. The molecular weight excluding hydrogens is 266 g/mol. The van der Waals surface area contributed by atoms with Crippen molar-refractivity contribution in [2.75, 3.05) is 6.54 Å². The molecule has 0 radical (unpaired) electrons. The minimum Gasteiger partial charge on any atom is -0.366 e. The third-order valence-electron chi connectivity index (χ3n) is 4.09. The number of nitrogens with one attached hydrogen (secondary N) is 2. The first-order valence-corrected chi connectivity index (χ1v) is 7.49. The SMILES string of the molecule is C[C@@H]1CCC[C@H]1NC(=O)NCCc1cccc(C(N)=O)c1. The van der Waals surface area contributed by atoms with Gasteiger partial charge in [0.15, 0.2) is 0 Å². The van der Waals surface area contributed by atoms with Gasteiger partial charge in [0.25, 0.3) is 0 Å². The van der Waals surface area contributed by atoms with Crippen LogP contribution >= 0.6 is 0 Å². The lowest BCUT2D eigenvalue weighted by Gasteiger charge is -2.17.